The van der Waals surface area contributed by atoms with E-state index >= 15 is 0 Å². The highest BCUT2D eigenvalue weighted by Crippen LogP contribution is 2.25. The maximum absolute atomic E-state index is 11.4. The van der Waals surface area contributed by atoms with Gasteiger partial charge in [0.15, 0.2) is 9.84 Å². The molecule has 0 amide bonds. The van der Waals surface area contributed by atoms with E-state index in [2.05, 4.69) is 4.90 Å². The summed E-state index contributed by atoms with van der Waals surface area (Å²) in [6.07, 6.45) is 4.01. The van der Waals surface area contributed by atoms with Crippen LogP contribution in [-0.2, 0) is 14.6 Å². The summed E-state index contributed by atoms with van der Waals surface area (Å²) in [5.41, 5.74) is 0. The van der Waals surface area contributed by atoms with E-state index in [1.165, 1.54) is 0 Å². The predicted octanol–water partition coefficient (Wildman–Crippen LogP) is 0.617. The van der Waals surface area contributed by atoms with Crippen molar-refractivity contribution in [1.29, 1.82) is 0 Å². The average Bonchev–Trinajstić information content (AvgIpc) is 2.58. The van der Waals surface area contributed by atoms with Crippen molar-refractivity contribution in [3.05, 3.63) is 0 Å². The van der Waals surface area contributed by atoms with Crippen molar-refractivity contribution in [2.75, 3.05) is 18.6 Å². The molecule has 4 nitrogen and oxygen atoms in total. The van der Waals surface area contributed by atoms with E-state index in [0.29, 0.717) is 24.4 Å². The van der Waals surface area contributed by atoms with Gasteiger partial charge in [-0.2, -0.15) is 0 Å². The van der Waals surface area contributed by atoms with Crippen molar-refractivity contribution in [3.63, 3.8) is 0 Å². The summed E-state index contributed by atoms with van der Waals surface area (Å²) in [4.78, 5) is 13.5. The van der Waals surface area contributed by atoms with Crippen LogP contribution in [0.5, 0.6) is 0 Å². The molecule has 1 saturated carbocycles. The molecule has 1 heterocycles. The molecule has 0 aromatic rings. The standard InChI is InChI=1S/C11H19NO3S/c1-12(9-3-2-4-11(13)7-9)10-5-6-16(14,15)8-10/h9-10H,2-8H2,1H3. The van der Waals surface area contributed by atoms with Crippen LogP contribution in [0.25, 0.3) is 0 Å². The lowest BCUT2D eigenvalue weighted by Gasteiger charge is -2.34. The average molecular weight is 245 g/mol. The van der Waals surface area contributed by atoms with Crippen LogP contribution in [0.1, 0.15) is 32.1 Å². The van der Waals surface area contributed by atoms with Crippen LogP contribution < -0.4 is 0 Å². The molecule has 0 aromatic carbocycles. The van der Waals surface area contributed by atoms with Gasteiger partial charge in [0, 0.05) is 24.9 Å². The highest BCUT2D eigenvalue weighted by molar-refractivity contribution is 7.91. The Morgan fingerprint density at radius 3 is 2.56 bits per heavy atom. The summed E-state index contributed by atoms with van der Waals surface area (Å²) in [5.74, 6) is 0.903. The van der Waals surface area contributed by atoms with Gasteiger partial charge in [-0.3, -0.25) is 9.69 Å². The fraction of sp³-hybridized carbons (Fsp3) is 0.909. The zero-order valence-electron chi connectivity index (χ0n) is 9.68. The first kappa shape index (κ1) is 12.0. The Kier molecular flexibility index (Phi) is 3.35. The quantitative estimate of drug-likeness (QED) is 0.715. The van der Waals surface area contributed by atoms with Gasteiger partial charge < -0.3 is 0 Å². The molecule has 1 aliphatic heterocycles. The second-order valence-electron chi connectivity index (χ2n) is 5.01. The number of carbonyl (C=O) groups is 1. The van der Waals surface area contributed by atoms with Crippen LogP contribution in [0.2, 0.25) is 0 Å². The summed E-state index contributed by atoms with van der Waals surface area (Å²) in [6, 6.07) is 0.389. The lowest BCUT2D eigenvalue weighted by Crippen LogP contribution is -2.43. The molecular formula is C11H19NO3S. The number of rotatable bonds is 2. The van der Waals surface area contributed by atoms with Crippen LogP contribution in [0.15, 0.2) is 0 Å². The molecule has 0 N–H and O–H groups in total. The minimum absolute atomic E-state index is 0.126. The van der Waals surface area contributed by atoms with Gasteiger partial charge in [-0.1, -0.05) is 0 Å². The molecular weight excluding hydrogens is 226 g/mol. The third-order valence-corrected chi connectivity index (χ3v) is 5.57. The SMILES string of the molecule is CN(C1CCCC(=O)C1)C1CCS(=O)(=O)C1. The summed E-state index contributed by atoms with van der Waals surface area (Å²) in [7, 11) is -0.852. The highest BCUT2D eigenvalue weighted by atomic mass is 32.2. The third kappa shape index (κ3) is 2.63. The van der Waals surface area contributed by atoms with Crippen molar-refractivity contribution >= 4 is 15.6 Å². The van der Waals surface area contributed by atoms with E-state index in [1.54, 1.807) is 0 Å². The molecule has 0 spiro atoms. The van der Waals surface area contributed by atoms with Crippen LogP contribution in [0.4, 0.5) is 0 Å². The molecule has 92 valence electrons. The molecule has 16 heavy (non-hydrogen) atoms. The fourth-order valence-corrected chi connectivity index (χ4v) is 4.53. The monoisotopic (exact) mass is 245 g/mol. The number of carbonyl (C=O) groups excluding carboxylic acids is 1. The van der Waals surface area contributed by atoms with Crippen molar-refractivity contribution < 1.29 is 13.2 Å². The normalized spacial score (nSPS) is 34.5. The van der Waals surface area contributed by atoms with E-state index in [4.69, 9.17) is 0 Å². The highest BCUT2D eigenvalue weighted by Gasteiger charge is 2.34. The van der Waals surface area contributed by atoms with Crippen LogP contribution in [0, 0.1) is 0 Å². The van der Waals surface area contributed by atoms with Gasteiger partial charge in [-0.15, -0.1) is 0 Å². The molecule has 0 aromatic heterocycles. The first-order valence-electron chi connectivity index (χ1n) is 5.92. The molecule has 2 rings (SSSR count). The Morgan fingerprint density at radius 2 is 2.00 bits per heavy atom. The van der Waals surface area contributed by atoms with Gasteiger partial charge in [0.05, 0.1) is 11.5 Å². The van der Waals surface area contributed by atoms with E-state index in [9.17, 15) is 13.2 Å². The second-order valence-corrected chi connectivity index (χ2v) is 7.24. The number of hydrogen-bond donors (Lipinski definition) is 0. The van der Waals surface area contributed by atoms with Crippen LogP contribution >= 0.6 is 0 Å². The van der Waals surface area contributed by atoms with Crippen LogP contribution in [0.3, 0.4) is 0 Å². The Hall–Kier alpha value is -0.420. The summed E-state index contributed by atoms with van der Waals surface area (Å²) < 4.78 is 22.8. The Balaban J connectivity index is 1.97. The minimum Gasteiger partial charge on any atom is -0.300 e. The lowest BCUT2D eigenvalue weighted by molar-refractivity contribution is -0.122. The largest absolute Gasteiger partial charge is 0.300 e. The van der Waals surface area contributed by atoms with Gasteiger partial charge in [0.1, 0.15) is 5.78 Å². The van der Waals surface area contributed by atoms with Gasteiger partial charge >= 0.3 is 0 Å². The topological polar surface area (TPSA) is 54.5 Å². The number of hydrogen-bond acceptors (Lipinski definition) is 4. The second kappa shape index (κ2) is 4.45. The zero-order valence-corrected chi connectivity index (χ0v) is 10.5. The molecule has 2 atom stereocenters. The molecule has 1 saturated heterocycles. The summed E-state index contributed by atoms with van der Waals surface area (Å²) >= 11 is 0. The Bertz CT molecular complexity index is 377. The van der Waals surface area contributed by atoms with Gasteiger partial charge in [-0.25, -0.2) is 8.42 Å². The molecule has 1 aliphatic carbocycles. The van der Waals surface area contributed by atoms with Crippen LogP contribution in [-0.4, -0.2) is 49.7 Å². The number of ketones is 1. The molecule has 5 heteroatoms. The third-order valence-electron chi connectivity index (χ3n) is 3.82. The number of sulfone groups is 1. The molecule has 2 fully saturated rings. The Morgan fingerprint density at radius 1 is 1.25 bits per heavy atom. The number of nitrogens with zero attached hydrogens (tertiary/aromatic N) is 1. The maximum atomic E-state index is 11.4. The number of Topliss-reactive ketones (excluding diaryl/α,β-unsaturated/α-hetero) is 1. The van der Waals surface area contributed by atoms with Crippen molar-refractivity contribution in [3.8, 4) is 0 Å². The van der Waals surface area contributed by atoms with E-state index in [1.807, 2.05) is 7.05 Å². The fourth-order valence-electron chi connectivity index (χ4n) is 2.74. The van der Waals surface area contributed by atoms with Gasteiger partial charge in [-0.05, 0) is 26.3 Å². The molecule has 0 radical (unpaired) electrons. The summed E-state index contributed by atoms with van der Waals surface area (Å²) in [5, 5.41) is 0. The van der Waals surface area contributed by atoms with Crippen molar-refractivity contribution in [2.45, 2.75) is 44.2 Å². The van der Waals surface area contributed by atoms with E-state index in [-0.39, 0.29) is 17.8 Å². The minimum atomic E-state index is -2.82. The van der Waals surface area contributed by atoms with Gasteiger partial charge in [0.2, 0.25) is 0 Å². The maximum Gasteiger partial charge on any atom is 0.151 e. The van der Waals surface area contributed by atoms with Crippen molar-refractivity contribution in [2.24, 2.45) is 0 Å². The first-order valence-corrected chi connectivity index (χ1v) is 7.74. The van der Waals surface area contributed by atoms with Gasteiger partial charge in [0.25, 0.3) is 0 Å². The van der Waals surface area contributed by atoms with E-state index in [0.717, 1.165) is 19.3 Å². The molecule has 2 unspecified atom stereocenters. The van der Waals surface area contributed by atoms with E-state index < -0.39 is 9.84 Å². The zero-order chi connectivity index (χ0) is 11.8. The summed E-state index contributed by atoms with van der Waals surface area (Å²) in [6.45, 7) is 0. The van der Waals surface area contributed by atoms with Crippen molar-refractivity contribution in [1.82, 2.24) is 4.90 Å². The first-order chi connectivity index (χ1) is 7.48. The molecule has 0 bridgehead atoms. The smallest absolute Gasteiger partial charge is 0.151 e. The molecule has 2 aliphatic rings. The predicted molar refractivity (Wildman–Crippen MR) is 62.1 cm³/mol. The Labute approximate surface area is 96.9 Å². The lowest BCUT2D eigenvalue weighted by atomic mass is 9.92.